The van der Waals surface area contributed by atoms with Crippen molar-refractivity contribution >= 4 is 6.02 Å². The molecule has 0 aliphatic carbocycles. The predicted octanol–water partition coefficient (Wildman–Crippen LogP) is 7.19. The maximum absolute atomic E-state index is 10.1. The van der Waals surface area contributed by atoms with Crippen LogP contribution < -0.4 is 0 Å². The number of aliphatic hydroxyl groups is 1. The molecule has 0 aromatic rings. The van der Waals surface area contributed by atoms with Crippen molar-refractivity contribution in [1.29, 1.82) is 0 Å². The fraction of sp³-hybridized carbons (Fsp3) is 0.679. The second kappa shape index (κ2) is 16.4. The summed E-state index contributed by atoms with van der Waals surface area (Å²) < 4.78 is 12.2. The highest BCUT2D eigenvalue weighted by molar-refractivity contribution is 5.76. The van der Waals surface area contributed by atoms with E-state index in [1.165, 1.54) is 0 Å². The maximum atomic E-state index is 10.1. The fourth-order valence-corrected chi connectivity index (χ4v) is 3.63. The number of nitrogens with zero attached hydrogens (tertiary/aromatic N) is 2. The van der Waals surface area contributed by atoms with E-state index >= 15 is 0 Å². The Kier molecular flexibility index (Phi) is 14.4. The van der Waals surface area contributed by atoms with Gasteiger partial charge in [-0.2, -0.15) is 0 Å². The van der Waals surface area contributed by atoms with Crippen LogP contribution in [0.15, 0.2) is 53.0 Å². The molecule has 1 N–H and O–H groups in total. The van der Waals surface area contributed by atoms with Crippen molar-refractivity contribution in [2.75, 3.05) is 19.7 Å². The van der Waals surface area contributed by atoms with Crippen LogP contribution in [0.2, 0.25) is 0 Å². The lowest BCUT2D eigenvalue weighted by Crippen LogP contribution is -2.37. The normalized spacial score (nSPS) is 21.4. The third-order valence-corrected chi connectivity index (χ3v) is 6.00. The van der Waals surface area contributed by atoms with Crippen molar-refractivity contribution in [2.45, 2.75) is 92.7 Å². The van der Waals surface area contributed by atoms with Gasteiger partial charge in [-0.05, 0) is 75.7 Å². The van der Waals surface area contributed by atoms with Crippen molar-refractivity contribution in [1.82, 2.24) is 4.90 Å². The Bertz CT molecular complexity index is 693. The molecule has 0 saturated heterocycles. The van der Waals surface area contributed by atoms with Crippen molar-refractivity contribution in [3.63, 3.8) is 0 Å². The molecule has 1 aliphatic heterocycles. The highest BCUT2D eigenvalue weighted by atomic mass is 16.5. The number of ether oxygens (including phenoxy) is 2. The van der Waals surface area contributed by atoms with Crippen molar-refractivity contribution in [3.05, 3.63) is 48.0 Å². The smallest absolute Gasteiger partial charge is 0.288 e. The van der Waals surface area contributed by atoms with E-state index in [1.54, 1.807) is 6.08 Å². The SMILES string of the molecule is C/C=C\C(O)=C/C(CC)CN(CCCOC(/C=C\[C@H](C)CC)=C/CC)C1=NC(CC)C(C)O1. The first-order valence-corrected chi connectivity index (χ1v) is 12.9. The Morgan fingerprint density at radius 2 is 1.97 bits per heavy atom. The van der Waals surface area contributed by atoms with Crippen LogP contribution in [0.5, 0.6) is 0 Å². The monoisotopic (exact) mass is 460 g/mol. The van der Waals surface area contributed by atoms with Crippen molar-refractivity contribution < 1.29 is 14.6 Å². The fourth-order valence-electron chi connectivity index (χ4n) is 3.63. The number of aliphatic imine (C=N–C) groups is 1. The summed E-state index contributed by atoms with van der Waals surface area (Å²) >= 11 is 0. The average Bonchev–Trinajstić information content (AvgIpc) is 3.18. The molecule has 3 unspecified atom stereocenters. The van der Waals surface area contributed by atoms with Gasteiger partial charge in [-0.1, -0.05) is 53.2 Å². The standard InChI is InChI=1S/C28H48N2O3/c1-8-14-25(31)20-24(11-4)21-30(28-29-27(12-5)23(7)33-28)18-13-19-32-26(15-9-2)17-16-22(6)10-3/h8,14-17,20,22-24,27,31H,9-13,18-19,21H2,1-7H3/b14-8-,17-16-,25-20+,26-15+/t22-,23?,24?,27?/m1/s1. The van der Waals surface area contributed by atoms with Gasteiger partial charge in [-0.15, -0.1) is 0 Å². The number of hydrogen-bond donors (Lipinski definition) is 1. The molecule has 0 bridgehead atoms. The number of rotatable bonds is 15. The Balaban J connectivity index is 2.83. The lowest BCUT2D eigenvalue weighted by atomic mass is 10.0. The molecule has 1 aliphatic rings. The van der Waals surface area contributed by atoms with Crippen LogP contribution in [0.1, 0.15) is 80.6 Å². The molecule has 0 aromatic carbocycles. The molecule has 0 radical (unpaired) electrons. The summed E-state index contributed by atoms with van der Waals surface area (Å²) in [7, 11) is 0. The van der Waals surface area contributed by atoms with Crippen LogP contribution in [0.3, 0.4) is 0 Å². The Hall–Kier alpha value is -2.17. The maximum Gasteiger partial charge on any atom is 0.288 e. The van der Waals surface area contributed by atoms with Gasteiger partial charge in [-0.25, -0.2) is 4.99 Å². The van der Waals surface area contributed by atoms with E-state index in [0.29, 0.717) is 18.3 Å². The van der Waals surface area contributed by atoms with Crippen LogP contribution in [0, 0.1) is 11.8 Å². The highest BCUT2D eigenvalue weighted by Gasteiger charge is 2.29. The third kappa shape index (κ3) is 11.0. The summed E-state index contributed by atoms with van der Waals surface area (Å²) in [5.41, 5.74) is 0. The summed E-state index contributed by atoms with van der Waals surface area (Å²) in [6, 6.07) is 0.934. The first-order valence-electron chi connectivity index (χ1n) is 12.9. The zero-order valence-corrected chi connectivity index (χ0v) is 22.1. The van der Waals surface area contributed by atoms with Gasteiger partial charge in [0.25, 0.3) is 6.02 Å². The van der Waals surface area contributed by atoms with Gasteiger partial charge in [-0.3, -0.25) is 0 Å². The lowest BCUT2D eigenvalue weighted by molar-refractivity contribution is 0.160. The molecule has 0 fully saturated rings. The van der Waals surface area contributed by atoms with Gasteiger partial charge < -0.3 is 19.5 Å². The van der Waals surface area contributed by atoms with Gasteiger partial charge in [0, 0.05) is 13.1 Å². The van der Waals surface area contributed by atoms with E-state index in [9.17, 15) is 5.11 Å². The molecule has 188 valence electrons. The lowest BCUT2D eigenvalue weighted by Gasteiger charge is -2.27. The summed E-state index contributed by atoms with van der Waals surface area (Å²) in [6.45, 7) is 17.0. The minimum absolute atomic E-state index is 0.0978. The van der Waals surface area contributed by atoms with Gasteiger partial charge in [0.2, 0.25) is 0 Å². The number of aliphatic hydroxyl groups excluding tert-OH is 1. The van der Waals surface area contributed by atoms with Crippen LogP contribution in [-0.2, 0) is 9.47 Å². The van der Waals surface area contributed by atoms with Gasteiger partial charge in [0.1, 0.15) is 17.6 Å². The summed E-state index contributed by atoms with van der Waals surface area (Å²) in [5.74, 6) is 2.01. The Morgan fingerprint density at radius 1 is 1.21 bits per heavy atom. The van der Waals surface area contributed by atoms with Crippen LogP contribution in [0.25, 0.3) is 0 Å². The number of allylic oxidation sites excluding steroid dienone is 5. The second-order valence-corrected chi connectivity index (χ2v) is 8.88. The number of hydrogen-bond acceptors (Lipinski definition) is 5. The van der Waals surface area contributed by atoms with Crippen molar-refractivity contribution in [3.8, 4) is 0 Å². The molecule has 4 atom stereocenters. The van der Waals surface area contributed by atoms with E-state index in [4.69, 9.17) is 14.5 Å². The molecular formula is C28H48N2O3. The quantitative estimate of drug-likeness (QED) is 0.160. The first-order chi connectivity index (χ1) is 15.9. The van der Waals surface area contributed by atoms with Gasteiger partial charge in [0.05, 0.1) is 12.6 Å². The van der Waals surface area contributed by atoms with E-state index < -0.39 is 0 Å². The zero-order valence-electron chi connectivity index (χ0n) is 22.1. The minimum atomic E-state index is 0.0978. The Morgan fingerprint density at radius 3 is 2.55 bits per heavy atom. The van der Waals surface area contributed by atoms with E-state index in [1.807, 2.05) is 19.1 Å². The molecule has 1 heterocycles. The summed E-state index contributed by atoms with van der Waals surface area (Å²) in [6.07, 6.45) is 16.9. The summed E-state index contributed by atoms with van der Waals surface area (Å²) in [5, 5.41) is 10.1. The molecule has 33 heavy (non-hydrogen) atoms. The van der Waals surface area contributed by atoms with Crippen LogP contribution in [0.4, 0.5) is 0 Å². The zero-order chi connectivity index (χ0) is 24.6. The minimum Gasteiger partial charge on any atom is -0.508 e. The third-order valence-electron chi connectivity index (χ3n) is 6.00. The van der Waals surface area contributed by atoms with E-state index in [2.05, 4.69) is 64.7 Å². The van der Waals surface area contributed by atoms with Gasteiger partial charge >= 0.3 is 0 Å². The number of amidine groups is 1. The van der Waals surface area contributed by atoms with E-state index in [0.717, 1.165) is 57.0 Å². The Labute approximate surface area is 203 Å². The molecule has 5 heteroatoms. The molecule has 0 amide bonds. The van der Waals surface area contributed by atoms with Crippen molar-refractivity contribution in [2.24, 2.45) is 16.8 Å². The second-order valence-electron chi connectivity index (χ2n) is 8.88. The topological polar surface area (TPSA) is 54.3 Å². The highest BCUT2D eigenvalue weighted by Crippen LogP contribution is 2.20. The molecular weight excluding hydrogens is 412 g/mol. The van der Waals surface area contributed by atoms with Crippen LogP contribution in [-0.4, -0.2) is 47.9 Å². The molecule has 5 nitrogen and oxygen atoms in total. The molecule has 0 spiro atoms. The first kappa shape index (κ1) is 28.9. The molecule has 1 rings (SSSR count). The summed E-state index contributed by atoms with van der Waals surface area (Å²) in [4.78, 5) is 7.08. The predicted molar refractivity (Wildman–Crippen MR) is 140 cm³/mol. The van der Waals surface area contributed by atoms with Gasteiger partial charge in [0.15, 0.2) is 0 Å². The largest absolute Gasteiger partial charge is 0.508 e. The molecule has 0 saturated carbocycles. The average molecular weight is 461 g/mol. The van der Waals surface area contributed by atoms with E-state index in [-0.39, 0.29) is 18.1 Å². The van der Waals surface area contributed by atoms with Crippen LogP contribution >= 0.6 is 0 Å². The molecule has 0 aromatic heterocycles.